The van der Waals surface area contributed by atoms with Crippen LogP contribution in [-0.2, 0) is 0 Å². The van der Waals surface area contributed by atoms with Gasteiger partial charge < -0.3 is 10.6 Å². The van der Waals surface area contributed by atoms with Gasteiger partial charge in [-0.05, 0) is 44.8 Å². The van der Waals surface area contributed by atoms with Crippen molar-refractivity contribution in [3.8, 4) is 0 Å². The Balaban J connectivity index is 1.80. The number of nitrogens with zero attached hydrogens (tertiary/aromatic N) is 2. The number of thioether (sulfide) groups is 1. The van der Waals surface area contributed by atoms with Gasteiger partial charge in [-0.25, -0.2) is 9.97 Å². The van der Waals surface area contributed by atoms with E-state index in [2.05, 4.69) is 24.5 Å². The quantitative estimate of drug-likeness (QED) is 0.837. The molecule has 0 amide bonds. The van der Waals surface area contributed by atoms with Gasteiger partial charge in [0.15, 0.2) is 0 Å². The lowest BCUT2D eigenvalue weighted by Gasteiger charge is -2.24. The molecule has 1 saturated carbocycles. The van der Waals surface area contributed by atoms with E-state index in [1.807, 2.05) is 11.8 Å². The summed E-state index contributed by atoms with van der Waals surface area (Å²) in [5.41, 5.74) is 1.17. The third kappa shape index (κ3) is 3.82. The van der Waals surface area contributed by atoms with E-state index in [0.29, 0.717) is 12.0 Å². The summed E-state index contributed by atoms with van der Waals surface area (Å²) in [6, 6.07) is 0.559. The van der Waals surface area contributed by atoms with Crippen molar-refractivity contribution >= 4 is 23.4 Å². The van der Waals surface area contributed by atoms with Crippen LogP contribution in [0.25, 0.3) is 0 Å². The van der Waals surface area contributed by atoms with Gasteiger partial charge >= 0.3 is 0 Å². The first-order valence-electron chi connectivity index (χ1n) is 8.24. The highest BCUT2D eigenvalue weighted by atomic mass is 32.2. The predicted octanol–water partition coefficient (Wildman–Crippen LogP) is 3.79. The molecule has 0 aromatic carbocycles. The molecule has 116 valence electrons. The molecule has 1 aliphatic heterocycles. The molecule has 1 aromatic heterocycles. The molecule has 5 heteroatoms. The zero-order chi connectivity index (χ0) is 14.7. The standard InChI is InChI=1S/C16H26N4S/c1-3-8-17-14-11(2)15(18-13-5-4-9-21-10-13)20-16(19-14)12-6-7-12/h12-13H,3-10H2,1-2H3,(H2,17,18,19,20). The summed E-state index contributed by atoms with van der Waals surface area (Å²) >= 11 is 2.05. The number of rotatable bonds is 6. The van der Waals surface area contributed by atoms with E-state index in [0.717, 1.165) is 30.4 Å². The Morgan fingerprint density at radius 2 is 2.00 bits per heavy atom. The topological polar surface area (TPSA) is 49.8 Å². The predicted molar refractivity (Wildman–Crippen MR) is 91.5 cm³/mol. The number of nitrogens with one attached hydrogen (secondary N) is 2. The Morgan fingerprint density at radius 1 is 1.19 bits per heavy atom. The molecule has 0 bridgehead atoms. The van der Waals surface area contributed by atoms with Crippen LogP contribution in [0.5, 0.6) is 0 Å². The van der Waals surface area contributed by atoms with Crippen molar-refractivity contribution in [1.29, 1.82) is 0 Å². The molecule has 3 rings (SSSR count). The highest BCUT2D eigenvalue weighted by Gasteiger charge is 2.28. The molecular weight excluding hydrogens is 280 g/mol. The zero-order valence-electron chi connectivity index (χ0n) is 13.1. The molecule has 0 radical (unpaired) electrons. The fourth-order valence-electron chi connectivity index (χ4n) is 2.66. The molecule has 2 fully saturated rings. The van der Waals surface area contributed by atoms with Gasteiger partial charge in [0.25, 0.3) is 0 Å². The number of hydrogen-bond acceptors (Lipinski definition) is 5. The summed E-state index contributed by atoms with van der Waals surface area (Å²) < 4.78 is 0. The molecule has 1 atom stereocenters. The maximum atomic E-state index is 4.83. The second-order valence-corrected chi connectivity index (χ2v) is 7.31. The zero-order valence-corrected chi connectivity index (χ0v) is 13.9. The number of aromatic nitrogens is 2. The fraction of sp³-hybridized carbons (Fsp3) is 0.750. The monoisotopic (exact) mass is 306 g/mol. The van der Waals surface area contributed by atoms with E-state index >= 15 is 0 Å². The van der Waals surface area contributed by atoms with Crippen molar-refractivity contribution in [2.75, 3.05) is 28.7 Å². The van der Waals surface area contributed by atoms with Gasteiger partial charge in [-0.15, -0.1) is 0 Å². The first-order chi connectivity index (χ1) is 10.3. The van der Waals surface area contributed by atoms with E-state index in [1.54, 1.807) is 0 Å². The summed E-state index contributed by atoms with van der Waals surface area (Å²) in [4.78, 5) is 9.58. The third-order valence-corrected chi connectivity index (χ3v) is 5.36. The van der Waals surface area contributed by atoms with Crippen molar-refractivity contribution < 1.29 is 0 Å². The molecule has 1 unspecified atom stereocenters. The van der Waals surface area contributed by atoms with Crippen LogP contribution in [0.3, 0.4) is 0 Å². The lowest BCUT2D eigenvalue weighted by Crippen LogP contribution is -2.27. The van der Waals surface area contributed by atoms with Crippen LogP contribution in [0, 0.1) is 6.92 Å². The van der Waals surface area contributed by atoms with Crippen molar-refractivity contribution in [3.63, 3.8) is 0 Å². The van der Waals surface area contributed by atoms with Gasteiger partial charge in [0, 0.05) is 29.8 Å². The minimum Gasteiger partial charge on any atom is -0.370 e. The summed E-state index contributed by atoms with van der Waals surface area (Å²) in [7, 11) is 0. The van der Waals surface area contributed by atoms with Gasteiger partial charge in [0.2, 0.25) is 0 Å². The first-order valence-corrected chi connectivity index (χ1v) is 9.40. The smallest absolute Gasteiger partial charge is 0.136 e. The third-order valence-electron chi connectivity index (χ3n) is 4.15. The van der Waals surface area contributed by atoms with Crippen LogP contribution in [0.1, 0.15) is 56.3 Å². The molecule has 0 spiro atoms. The molecule has 2 heterocycles. The van der Waals surface area contributed by atoms with Crippen molar-refractivity contribution in [1.82, 2.24) is 9.97 Å². The van der Waals surface area contributed by atoms with Gasteiger partial charge in [-0.2, -0.15) is 11.8 Å². The Morgan fingerprint density at radius 3 is 2.67 bits per heavy atom. The maximum absolute atomic E-state index is 4.83. The van der Waals surface area contributed by atoms with E-state index in [4.69, 9.17) is 9.97 Å². The van der Waals surface area contributed by atoms with Crippen molar-refractivity contribution in [2.45, 2.75) is 57.9 Å². The summed E-state index contributed by atoms with van der Waals surface area (Å²) in [5.74, 6) is 6.20. The molecule has 2 aliphatic rings. The molecule has 1 saturated heterocycles. The number of anilines is 2. The van der Waals surface area contributed by atoms with E-state index in [1.165, 1.54) is 42.8 Å². The summed E-state index contributed by atoms with van der Waals surface area (Å²) in [6.07, 6.45) is 6.17. The van der Waals surface area contributed by atoms with E-state index < -0.39 is 0 Å². The van der Waals surface area contributed by atoms with Crippen LogP contribution in [0.4, 0.5) is 11.6 Å². The minimum atomic E-state index is 0.559. The second-order valence-electron chi connectivity index (χ2n) is 6.16. The van der Waals surface area contributed by atoms with Gasteiger partial charge in [-0.1, -0.05) is 6.92 Å². The average molecular weight is 306 g/mol. The largest absolute Gasteiger partial charge is 0.370 e. The Bertz CT molecular complexity index is 481. The molecular formula is C16H26N4S. The second kappa shape index (κ2) is 6.86. The molecule has 1 aromatic rings. The van der Waals surface area contributed by atoms with Crippen LogP contribution >= 0.6 is 11.8 Å². The van der Waals surface area contributed by atoms with Gasteiger partial charge in [0.1, 0.15) is 17.5 Å². The first kappa shape index (κ1) is 14.9. The minimum absolute atomic E-state index is 0.559. The van der Waals surface area contributed by atoms with Crippen molar-refractivity contribution in [2.24, 2.45) is 0 Å². The highest BCUT2D eigenvalue weighted by Crippen LogP contribution is 2.39. The fourth-order valence-corrected chi connectivity index (χ4v) is 3.73. The number of hydrogen-bond donors (Lipinski definition) is 2. The highest BCUT2D eigenvalue weighted by molar-refractivity contribution is 7.99. The maximum Gasteiger partial charge on any atom is 0.136 e. The molecule has 4 nitrogen and oxygen atoms in total. The summed E-state index contributed by atoms with van der Waals surface area (Å²) in [5, 5.41) is 7.14. The van der Waals surface area contributed by atoms with Crippen LogP contribution < -0.4 is 10.6 Å². The Hall–Kier alpha value is -0.970. The van der Waals surface area contributed by atoms with Gasteiger partial charge in [-0.3, -0.25) is 0 Å². The lowest BCUT2D eigenvalue weighted by molar-refractivity contribution is 0.680. The van der Waals surface area contributed by atoms with Crippen LogP contribution in [0.2, 0.25) is 0 Å². The summed E-state index contributed by atoms with van der Waals surface area (Å²) in [6.45, 7) is 5.29. The lowest BCUT2D eigenvalue weighted by atomic mass is 10.1. The average Bonchev–Trinajstić information content (AvgIpc) is 3.34. The normalized spacial score (nSPS) is 22.1. The molecule has 1 aliphatic carbocycles. The van der Waals surface area contributed by atoms with E-state index in [-0.39, 0.29) is 0 Å². The SMILES string of the molecule is CCCNc1nc(C2CC2)nc(NC2CCCSC2)c1C. The van der Waals surface area contributed by atoms with E-state index in [9.17, 15) is 0 Å². The van der Waals surface area contributed by atoms with Gasteiger partial charge in [0.05, 0.1) is 0 Å². The Kier molecular flexibility index (Phi) is 4.88. The van der Waals surface area contributed by atoms with Crippen molar-refractivity contribution in [3.05, 3.63) is 11.4 Å². The van der Waals surface area contributed by atoms with Crippen LogP contribution in [-0.4, -0.2) is 34.1 Å². The molecule has 21 heavy (non-hydrogen) atoms. The van der Waals surface area contributed by atoms with Crippen LogP contribution in [0.15, 0.2) is 0 Å². The molecule has 2 N–H and O–H groups in total. The Labute approximate surface area is 131 Å².